The molecule has 0 bridgehead atoms. The lowest BCUT2D eigenvalue weighted by Gasteiger charge is -2.25. The molecule has 34 heavy (non-hydrogen) atoms. The minimum absolute atomic E-state index is 0.101. The number of benzene rings is 3. The summed E-state index contributed by atoms with van der Waals surface area (Å²) < 4.78 is 28.3. The number of hydrogen-bond donors (Lipinski definition) is 2. The molecule has 7 heteroatoms. The van der Waals surface area contributed by atoms with Gasteiger partial charge in [-0.15, -0.1) is 0 Å². The molecular formula is C27H20F2N2O3. The summed E-state index contributed by atoms with van der Waals surface area (Å²) in [4.78, 5) is 30.6. The van der Waals surface area contributed by atoms with Gasteiger partial charge in [0.1, 0.15) is 17.4 Å². The van der Waals surface area contributed by atoms with Crippen molar-refractivity contribution in [1.82, 2.24) is 9.88 Å². The van der Waals surface area contributed by atoms with Crippen molar-refractivity contribution in [1.29, 1.82) is 0 Å². The monoisotopic (exact) mass is 458 g/mol. The van der Waals surface area contributed by atoms with Crippen LogP contribution in [0.1, 0.15) is 22.7 Å². The molecule has 1 aliphatic heterocycles. The van der Waals surface area contributed by atoms with Gasteiger partial charge >= 0.3 is 0 Å². The Labute approximate surface area is 194 Å². The standard InChI is InChI=1S/C27H20F2N2O3/c28-18-11-9-16(10-12-18)25(32)23-24(20-6-1-3-7-21(20)29)31(27(34)26(23)33)14-13-17-15-30-22-8-4-2-5-19(17)22/h1-12,15,24,30,32H,13-14H2/t24-/m1/s1. The van der Waals surface area contributed by atoms with Gasteiger partial charge in [0.25, 0.3) is 11.7 Å². The number of nitrogens with zero attached hydrogens (tertiary/aromatic N) is 1. The second kappa shape index (κ2) is 8.59. The van der Waals surface area contributed by atoms with Gasteiger partial charge in [-0.25, -0.2) is 8.78 Å². The molecule has 0 aliphatic carbocycles. The van der Waals surface area contributed by atoms with Crippen LogP contribution in [0, 0.1) is 11.6 Å². The fourth-order valence-corrected chi connectivity index (χ4v) is 4.47. The molecule has 1 fully saturated rings. The average Bonchev–Trinajstić information content (AvgIpc) is 3.37. The number of aromatic nitrogens is 1. The topological polar surface area (TPSA) is 73.4 Å². The van der Waals surface area contributed by atoms with Crippen LogP contribution < -0.4 is 0 Å². The van der Waals surface area contributed by atoms with Crippen LogP contribution in [0.2, 0.25) is 0 Å². The van der Waals surface area contributed by atoms with E-state index in [4.69, 9.17) is 0 Å². The van der Waals surface area contributed by atoms with Gasteiger partial charge < -0.3 is 15.0 Å². The van der Waals surface area contributed by atoms with Crippen molar-refractivity contribution in [2.45, 2.75) is 12.5 Å². The smallest absolute Gasteiger partial charge is 0.295 e. The number of likely N-dealkylation sites (tertiary alicyclic amines) is 1. The van der Waals surface area contributed by atoms with E-state index in [1.807, 2.05) is 30.5 Å². The lowest BCUT2D eigenvalue weighted by molar-refractivity contribution is -0.139. The van der Waals surface area contributed by atoms with Crippen LogP contribution in [-0.2, 0) is 16.0 Å². The molecule has 1 atom stereocenters. The maximum Gasteiger partial charge on any atom is 0.295 e. The van der Waals surface area contributed by atoms with Crippen molar-refractivity contribution in [3.63, 3.8) is 0 Å². The average molecular weight is 458 g/mol. The van der Waals surface area contributed by atoms with Crippen molar-refractivity contribution < 1.29 is 23.5 Å². The van der Waals surface area contributed by atoms with Gasteiger partial charge in [-0.3, -0.25) is 9.59 Å². The Bertz CT molecular complexity index is 1440. The first-order valence-electron chi connectivity index (χ1n) is 10.8. The highest BCUT2D eigenvalue weighted by Crippen LogP contribution is 2.40. The van der Waals surface area contributed by atoms with Gasteiger partial charge in [0.15, 0.2) is 0 Å². The van der Waals surface area contributed by atoms with E-state index in [0.29, 0.717) is 6.42 Å². The summed E-state index contributed by atoms with van der Waals surface area (Å²) >= 11 is 0. The number of aliphatic hydroxyl groups excluding tert-OH is 1. The molecule has 2 heterocycles. The van der Waals surface area contributed by atoms with Crippen molar-refractivity contribution in [2.75, 3.05) is 6.54 Å². The Kier molecular flexibility index (Phi) is 5.45. The fourth-order valence-electron chi connectivity index (χ4n) is 4.47. The fraction of sp³-hybridized carbons (Fsp3) is 0.111. The van der Waals surface area contributed by atoms with Crippen molar-refractivity contribution in [3.8, 4) is 0 Å². The number of fused-ring (bicyclic) bond motifs is 1. The molecule has 0 unspecified atom stereocenters. The van der Waals surface area contributed by atoms with Crippen LogP contribution in [0.4, 0.5) is 8.78 Å². The maximum atomic E-state index is 14.9. The number of halogens is 2. The van der Waals surface area contributed by atoms with Crippen molar-refractivity contribution >= 4 is 28.4 Å². The minimum atomic E-state index is -1.11. The summed E-state index contributed by atoms with van der Waals surface area (Å²) in [6, 6.07) is 17.3. The Morgan fingerprint density at radius 3 is 2.41 bits per heavy atom. The quantitative estimate of drug-likeness (QED) is 0.248. The number of rotatable bonds is 5. The first-order chi connectivity index (χ1) is 16.5. The van der Waals surface area contributed by atoms with E-state index in [1.54, 1.807) is 6.07 Å². The molecule has 1 amide bonds. The zero-order valence-electron chi connectivity index (χ0n) is 18.0. The molecular weight excluding hydrogens is 438 g/mol. The number of ketones is 1. The number of aromatic amines is 1. The largest absolute Gasteiger partial charge is 0.507 e. The SMILES string of the molecule is O=C1C(=O)N(CCc2c[nH]c3ccccc23)[C@H](c2ccccc2F)C1=C(O)c1ccc(F)cc1. The van der Waals surface area contributed by atoms with Crippen LogP contribution in [0.5, 0.6) is 0 Å². The molecule has 3 aromatic carbocycles. The third kappa shape index (κ3) is 3.65. The summed E-state index contributed by atoms with van der Waals surface area (Å²) in [5.41, 5.74) is 1.94. The van der Waals surface area contributed by atoms with Gasteiger partial charge in [0.05, 0.1) is 11.6 Å². The minimum Gasteiger partial charge on any atom is -0.507 e. The summed E-state index contributed by atoms with van der Waals surface area (Å²) in [6.45, 7) is 0.131. The number of hydrogen-bond acceptors (Lipinski definition) is 3. The van der Waals surface area contributed by atoms with Gasteiger partial charge in [-0.2, -0.15) is 0 Å². The van der Waals surface area contributed by atoms with E-state index in [-0.39, 0.29) is 23.2 Å². The molecule has 1 aliphatic rings. The zero-order chi connectivity index (χ0) is 23.8. The highest BCUT2D eigenvalue weighted by atomic mass is 19.1. The second-order valence-electron chi connectivity index (χ2n) is 8.13. The number of H-pyrrole nitrogens is 1. The highest BCUT2D eigenvalue weighted by Gasteiger charge is 2.46. The maximum absolute atomic E-state index is 14.9. The number of aliphatic hydroxyl groups is 1. The Morgan fingerprint density at radius 2 is 1.65 bits per heavy atom. The van der Waals surface area contributed by atoms with E-state index in [0.717, 1.165) is 28.6 Å². The third-order valence-corrected chi connectivity index (χ3v) is 6.15. The van der Waals surface area contributed by atoms with Gasteiger partial charge in [-0.1, -0.05) is 36.4 Å². The number of nitrogens with one attached hydrogen (secondary N) is 1. The first-order valence-corrected chi connectivity index (χ1v) is 10.8. The molecule has 170 valence electrons. The summed E-state index contributed by atoms with van der Waals surface area (Å²) in [5.74, 6) is -3.31. The molecule has 0 spiro atoms. The number of carbonyl (C=O) groups is 2. The van der Waals surface area contributed by atoms with Crippen LogP contribution in [0.25, 0.3) is 16.7 Å². The summed E-state index contributed by atoms with van der Waals surface area (Å²) in [6.07, 6.45) is 2.26. The Morgan fingerprint density at radius 1 is 0.941 bits per heavy atom. The van der Waals surface area contributed by atoms with Crippen LogP contribution >= 0.6 is 0 Å². The van der Waals surface area contributed by atoms with E-state index >= 15 is 0 Å². The zero-order valence-corrected chi connectivity index (χ0v) is 18.0. The highest BCUT2D eigenvalue weighted by molar-refractivity contribution is 6.46. The van der Waals surface area contributed by atoms with Crippen molar-refractivity contribution in [2.24, 2.45) is 0 Å². The second-order valence-corrected chi connectivity index (χ2v) is 8.13. The molecule has 5 rings (SSSR count). The van der Waals surface area contributed by atoms with Crippen molar-refractivity contribution in [3.05, 3.63) is 113 Å². The number of Topliss-reactive ketones (excluding diaryl/α,β-unsaturated/α-hetero) is 1. The summed E-state index contributed by atoms with van der Waals surface area (Å²) in [5, 5.41) is 12.0. The Hall–Kier alpha value is -4.26. The predicted octanol–water partition coefficient (Wildman–Crippen LogP) is 5.11. The van der Waals surface area contributed by atoms with E-state index in [2.05, 4.69) is 4.98 Å². The molecule has 1 aromatic heterocycles. The van der Waals surface area contributed by atoms with Crippen LogP contribution in [-0.4, -0.2) is 33.2 Å². The van der Waals surface area contributed by atoms with Crippen LogP contribution in [0.15, 0.2) is 84.6 Å². The molecule has 1 saturated heterocycles. The Balaban J connectivity index is 1.58. The lowest BCUT2D eigenvalue weighted by Crippen LogP contribution is -2.32. The van der Waals surface area contributed by atoms with E-state index < -0.39 is 35.1 Å². The molecule has 2 N–H and O–H groups in total. The molecule has 4 aromatic rings. The number of amides is 1. The van der Waals surface area contributed by atoms with Gasteiger partial charge in [0, 0.05) is 34.8 Å². The first kappa shape index (κ1) is 21.6. The van der Waals surface area contributed by atoms with E-state index in [1.165, 1.54) is 35.2 Å². The third-order valence-electron chi connectivity index (χ3n) is 6.15. The molecule has 0 saturated carbocycles. The van der Waals surface area contributed by atoms with Crippen LogP contribution in [0.3, 0.4) is 0 Å². The molecule has 0 radical (unpaired) electrons. The normalized spacial score (nSPS) is 17.6. The molecule has 5 nitrogen and oxygen atoms in total. The number of para-hydroxylation sites is 1. The summed E-state index contributed by atoms with van der Waals surface area (Å²) in [7, 11) is 0. The van der Waals surface area contributed by atoms with Gasteiger partial charge in [-0.05, 0) is 48.4 Å². The van der Waals surface area contributed by atoms with E-state index in [9.17, 15) is 23.5 Å². The van der Waals surface area contributed by atoms with Gasteiger partial charge in [0.2, 0.25) is 0 Å². The predicted molar refractivity (Wildman–Crippen MR) is 124 cm³/mol. The lowest BCUT2D eigenvalue weighted by atomic mass is 9.94. The number of carbonyl (C=O) groups excluding carboxylic acids is 2.